The molecule has 0 spiro atoms. The van der Waals surface area contributed by atoms with Crippen LogP contribution >= 0.6 is 12.4 Å². The Hall–Kier alpha value is -2.77. The second kappa shape index (κ2) is 11.3. The van der Waals surface area contributed by atoms with Crippen molar-refractivity contribution in [1.82, 2.24) is 10.6 Å². The van der Waals surface area contributed by atoms with E-state index in [1.807, 2.05) is 0 Å². The maximum atomic E-state index is 12.3. The van der Waals surface area contributed by atoms with Crippen LogP contribution in [0.25, 0.3) is 0 Å². The first-order chi connectivity index (χ1) is 13.6. The van der Waals surface area contributed by atoms with Crippen LogP contribution in [0, 0.1) is 0 Å². The van der Waals surface area contributed by atoms with Crippen LogP contribution in [-0.2, 0) is 4.79 Å². The molecule has 2 amide bonds. The highest BCUT2D eigenvalue weighted by Gasteiger charge is 2.16. The average molecular weight is 420 g/mol. The number of benzene rings is 2. The third kappa shape index (κ3) is 6.96. The molecule has 0 aromatic heterocycles. The number of hydrogen-bond donors (Lipinski definition) is 3. The van der Waals surface area contributed by atoms with E-state index in [-0.39, 0.29) is 36.9 Å². The molecule has 0 aliphatic carbocycles. The average Bonchev–Trinajstić information content (AvgIpc) is 2.73. The van der Waals surface area contributed by atoms with Crippen LogP contribution < -0.4 is 25.4 Å². The molecular formula is C21H26ClN3O4. The summed E-state index contributed by atoms with van der Waals surface area (Å²) in [6.45, 7) is 1.73. The molecule has 1 aliphatic heterocycles. The Balaban J connectivity index is 0.00000300. The van der Waals surface area contributed by atoms with Crippen LogP contribution in [0.4, 0.5) is 5.69 Å². The summed E-state index contributed by atoms with van der Waals surface area (Å²) in [5, 5.41) is 9.07. The van der Waals surface area contributed by atoms with Crippen LogP contribution in [0.5, 0.6) is 11.5 Å². The second-order valence-corrected chi connectivity index (χ2v) is 6.59. The third-order valence-corrected chi connectivity index (χ3v) is 4.51. The second-order valence-electron chi connectivity index (χ2n) is 6.59. The minimum Gasteiger partial charge on any atom is -0.497 e. The van der Waals surface area contributed by atoms with Crippen molar-refractivity contribution in [3.63, 3.8) is 0 Å². The minimum absolute atomic E-state index is 0. The van der Waals surface area contributed by atoms with Gasteiger partial charge in [0, 0.05) is 23.4 Å². The summed E-state index contributed by atoms with van der Waals surface area (Å²) in [7, 11) is 1.57. The van der Waals surface area contributed by atoms with Gasteiger partial charge in [-0.2, -0.15) is 0 Å². The summed E-state index contributed by atoms with van der Waals surface area (Å²) in [4.78, 5) is 24.3. The maximum absolute atomic E-state index is 12.3. The van der Waals surface area contributed by atoms with E-state index in [4.69, 9.17) is 9.47 Å². The van der Waals surface area contributed by atoms with Crippen LogP contribution in [0.2, 0.25) is 0 Å². The van der Waals surface area contributed by atoms with Gasteiger partial charge in [-0.25, -0.2) is 0 Å². The number of hydrogen-bond acceptors (Lipinski definition) is 5. The molecule has 1 saturated heterocycles. The number of methoxy groups -OCH3 is 1. The van der Waals surface area contributed by atoms with Crippen molar-refractivity contribution in [1.29, 1.82) is 0 Å². The molecule has 156 valence electrons. The molecule has 8 heteroatoms. The van der Waals surface area contributed by atoms with Crippen molar-refractivity contribution < 1.29 is 19.1 Å². The number of piperidine rings is 1. The predicted octanol–water partition coefficient (Wildman–Crippen LogP) is 2.62. The molecule has 3 rings (SSSR count). The molecule has 3 N–H and O–H groups in total. The molecule has 0 atom stereocenters. The first-order valence-electron chi connectivity index (χ1n) is 9.32. The van der Waals surface area contributed by atoms with Crippen LogP contribution in [-0.4, -0.2) is 44.7 Å². The zero-order chi connectivity index (χ0) is 19.8. The van der Waals surface area contributed by atoms with E-state index in [2.05, 4.69) is 16.0 Å². The number of rotatable bonds is 7. The highest BCUT2D eigenvalue weighted by molar-refractivity contribution is 5.94. The molecule has 2 aromatic rings. The number of carbonyl (C=O) groups is 2. The Morgan fingerprint density at radius 1 is 1.07 bits per heavy atom. The Morgan fingerprint density at radius 3 is 2.48 bits per heavy atom. The number of anilines is 1. The van der Waals surface area contributed by atoms with Crippen LogP contribution in [0.3, 0.4) is 0 Å². The molecule has 1 heterocycles. The van der Waals surface area contributed by atoms with Crippen LogP contribution in [0.15, 0.2) is 48.5 Å². The topological polar surface area (TPSA) is 88.7 Å². The van der Waals surface area contributed by atoms with Gasteiger partial charge in [0.25, 0.3) is 11.8 Å². The fourth-order valence-corrected chi connectivity index (χ4v) is 2.98. The van der Waals surface area contributed by atoms with Gasteiger partial charge in [0.2, 0.25) is 0 Å². The Bertz CT molecular complexity index is 808. The van der Waals surface area contributed by atoms with Crippen molar-refractivity contribution in [2.24, 2.45) is 0 Å². The molecule has 29 heavy (non-hydrogen) atoms. The largest absolute Gasteiger partial charge is 0.497 e. The van der Waals surface area contributed by atoms with Gasteiger partial charge in [-0.1, -0.05) is 6.07 Å². The van der Waals surface area contributed by atoms with E-state index in [0.717, 1.165) is 25.9 Å². The quantitative estimate of drug-likeness (QED) is 0.642. The number of ether oxygens (including phenoxy) is 2. The first-order valence-corrected chi connectivity index (χ1v) is 9.32. The Kier molecular flexibility index (Phi) is 8.76. The molecule has 0 saturated carbocycles. The van der Waals surface area contributed by atoms with Gasteiger partial charge in [-0.05, 0) is 62.3 Å². The maximum Gasteiger partial charge on any atom is 0.262 e. The summed E-state index contributed by atoms with van der Waals surface area (Å²) < 4.78 is 10.6. The highest BCUT2D eigenvalue weighted by Crippen LogP contribution is 2.17. The van der Waals surface area contributed by atoms with E-state index in [9.17, 15) is 9.59 Å². The summed E-state index contributed by atoms with van der Waals surface area (Å²) in [6, 6.07) is 14.1. The minimum atomic E-state index is -0.277. The van der Waals surface area contributed by atoms with E-state index >= 15 is 0 Å². The van der Waals surface area contributed by atoms with Gasteiger partial charge in [-0.15, -0.1) is 12.4 Å². The summed E-state index contributed by atoms with van der Waals surface area (Å²) in [6.07, 6.45) is 1.88. The third-order valence-electron chi connectivity index (χ3n) is 4.51. The van der Waals surface area contributed by atoms with Crippen molar-refractivity contribution >= 4 is 29.9 Å². The first kappa shape index (κ1) is 22.5. The number of nitrogens with one attached hydrogen (secondary N) is 3. The van der Waals surface area contributed by atoms with Crippen LogP contribution in [0.1, 0.15) is 23.2 Å². The molecule has 0 unspecified atom stereocenters. The van der Waals surface area contributed by atoms with Gasteiger partial charge in [0.15, 0.2) is 6.61 Å². The molecule has 1 aliphatic rings. The van der Waals surface area contributed by atoms with Gasteiger partial charge in [-0.3, -0.25) is 9.59 Å². The molecule has 7 nitrogen and oxygen atoms in total. The van der Waals surface area contributed by atoms with Crippen molar-refractivity contribution in [3.05, 3.63) is 54.1 Å². The Morgan fingerprint density at radius 2 is 1.79 bits per heavy atom. The van der Waals surface area contributed by atoms with Crippen molar-refractivity contribution in [2.45, 2.75) is 18.9 Å². The standard InChI is InChI=1S/C21H25N3O4.ClH/c1-27-19-4-2-3-17(13-19)23-20(25)14-28-18-7-5-15(6-8-18)21(26)24-16-9-11-22-12-10-16;/h2-8,13,16,22H,9-12,14H2,1H3,(H,23,25)(H,24,26);1H. The number of halogens is 1. The summed E-state index contributed by atoms with van der Waals surface area (Å²) in [5.74, 6) is 0.825. The van der Waals surface area contributed by atoms with E-state index < -0.39 is 0 Å². The van der Waals surface area contributed by atoms with Crippen molar-refractivity contribution in [2.75, 3.05) is 32.1 Å². The normalized spacial score (nSPS) is 13.7. The number of carbonyl (C=O) groups excluding carboxylic acids is 2. The number of amides is 2. The zero-order valence-corrected chi connectivity index (χ0v) is 17.1. The smallest absolute Gasteiger partial charge is 0.262 e. The van der Waals surface area contributed by atoms with E-state index in [0.29, 0.717) is 22.7 Å². The zero-order valence-electron chi connectivity index (χ0n) is 16.3. The van der Waals surface area contributed by atoms with Gasteiger partial charge >= 0.3 is 0 Å². The molecule has 1 fully saturated rings. The van der Waals surface area contributed by atoms with E-state index in [1.54, 1.807) is 55.6 Å². The molecular weight excluding hydrogens is 394 g/mol. The lowest BCUT2D eigenvalue weighted by atomic mass is 10.1. The van der Waals surface area contributed by atoms with E-state index in [1.165, 1.54) is 0 Å². The summed E-state index contributed by atoms with van der Waals surface area (Å²) in [5.41, 5.74) is 1.21. The fourth-order valence-electron chi connectivity index (χ4n) is 2.98. The van der Waals surface area contributed by atoms with Gasteiger partial charge in [0.1, 0.15) is 11.5 Å². The highest BCUT2D eigenvalue weighted by atomic mass is 35.5. The molecule has 0 radical (unpaired) electrons. The molecule has 0 bridgehead atoms. The van der Waals surface area contributed by atoms with Gasteiger partial charge < -0.3 is 25.4 Å². The predicted molar refractivity (Wildman–Crippen MR) is 114 cm³/mol. The lowest BCUT2D eigenvalue weighted by Gasteiger charge is -2.23. The lowest BCUT2D eigenvalue weighted by Crippen LogP contribution is -2.42. The SMILES string of the molecule is COc1cccc(NC(=O)COc2ccc(C(=O)NC3CCNCC3)cc2)c1.Cl. The fraction of sp³-hybridized carbons (Fsp3) is 0.333. The lowest BCUT2D eigenvalue weighted by molar-refractivity contribution is -0.118. The van der Waals surface area contributed by atoms with Gasteiger partial charge in [0.05, 0.1) is 7.11 Å². The van der Waals surface area contributed by atoms with Crippen molar-refractivity contribution in [3.8, 4) is 11.5 Å². The molecule has 2 aromatic carbocycles. The Labute approximate surface area is 176 Å². The summed E-state index contributed by atoms with van der Waals surface area (Å²) >= 11 is 0. The monoisotopic (exact) mass is 419 g/mol.